The van der Waals surface area contributed by atoms with Crippen molar-refractivity contribution in [1.29, 1.82) is 0 Å². The van der Waals surface area contributed by atoms with E-state index in [2.05, 4.69) is 14.9 Å². The molecule has 1 heterocycles. The summed E-state index contributed by atoms with van der Waals surface area (Å²) in [5.41, 5.74) is 2.35. The molecule has 1 aliphatic carbocycles. The largest absolute Gasteiger partial charge is 0.483 e. The van der Waals surface area contributed by atoms with Gasteiger partial charge in [-0.25, -0.2) is 4.63 Å². The monoisotopic (exact) mass is 406 g/mol. The Balaban J connectivity index is 1.75. The Bertz CT molecular complexity index is 1040. The van der Waals surface area contributed by atoms with Crippen LogP contribution < -0.4 is 4.74 Å². The van der Waals surface area contributed by atoms with E-state index < -0.39 is 24.7 Å². The van der Waals surface area contributed by atoms with Crippen molar-refractivity contribution in [2.75, 3.05) is 6.61 Å². The molecule has 152 valence electrons. The second-order valence-electron chi connectivity index (χ2n) is 7.20. The molecule has 0 aliphatic heterocycles. The quantitative estimate of drug-likeness (QED) is 0.607. The summed E-state index contributed by atoms with van der Waals surface area (Å²) in [6.07, 6.45) is -1.99. The number of ether oxygens (including phenoxy) is 1. The summed E-state index contributed by atoms with van der Waals surface area (Å²) in [7, 11) is 0. The molecule has 0 radical (unpaired) electrons. The first-order valence-corrected chi connectivity index (χ1v) is 9.09. The van der Waals surface area contributed by atoms with Gasteiger partial charge < -0.3 is 9.84 Å². The van der Waals surface area contributed by atoms with Crippen molar-refractivity contribution in [3.8, 4) is 16.9 Å². The fraction of sp³-hybridized carbons (Fsp3) is 0.350. The van der Waals surface area contributed by atoms with Crippen molar-refractivity contribution in [1.82, 2.24) is 10.3 Å². The van der Waals surface area contributed by atoms with E-state index in [1.54, 1.807) is 24.3 Å². The van der Waals surface area contributed by atoms with Gasteiger partial charge in [0, 0.05) is 5.56 Å². The maximum Gasteiger partial charge on any atom is 0.422 e. The fourth-order valence-corrected chi connectivity index (χ4v) is 3.29. The molecule has 9 heteroatoms. The molecule has 4 rings (SSSR count). The maximum absolute atomic E-state index is 12.7. The summed E-state index contributed by atoms with van der Waals surface area (Å²) in [4.78, 5) is 11.8. The Morgan fingerprint density at radius 1 is 1.17 bits per heavy atom. The van der Waals surface area contributed by atoms with Crippen molar-refractivity contribution in [3.63, 3.8) is 0 Å². The zero-order valence-electron chi connectivity index (χ0n) is 15.1. The zero-order valence-corrected chi connectivity index (χ0v) is 15.1. The Labute approximate surface area is 163 Å². The highest BCUT2D eigenvalue weighted by molar-refractivity contribution is 5.84. The average molecular weight is 406 g/mol. The first-order valence-electron chi connectivity index (χ1n) is 9.09. The SMILES string of the molecule is O=C(O)C(CC1CC1)c1ccc(OCC(F)(F)F)c(-c2ccc3nonc3c2)c1. The molecular formula is C20H17F3N2O4. The highest BCUT2D eigenvalue weighted by Crippen LogP contribution is 2.41. The van der Waals surface area contributed by atoms with Gasteiger partial charge in [-0.15, -0.1) is 0 Å². The van der Waals surface area contributed by atoms with Crippen LogP contribution in [-0.2, 0) is 4.79 Å². The predicted molar refractivity (Wildman–Crippen MR) is 96.5 cm³/mol. The summed E-state index contributed by atoms with van der Waals surface area (Å²) in [5.74, 6) is -1.30. The lowest BCUT2D eigenvalue weighted by molar-refractivity contribution is -0.153. The van der Waals surface area contributed by atoms with Gasteiger partial charge in [-0.1, -0.05) is 25.0 Å². The van der Waals surface area contributed by atoms with E-state index in [1.165, 1.54) is 12.1 Å². The molecule has 6 nitrogen and oxygen atoms in total. The molecular weight excluding hydrogens is 389 g/mol. The lowest BCUT2D eigenvalue weighted by Gasteiger charge is -2.18. The van der Waals surface area contributed by atoms with Crippen molar-refractivity contribution < 1.29 is 32.4 Å². The van der Waals surface area contributed by atoms with Gasteiger partial charge in [0.2, 0.25) is 0 Å². The summed E-state index contributed by atoms with van der Waals surface area (Å²) in [5, 5.41) is 17.1. The van der Waals surface area contributed by atoms with Crippen LogP contribution in [0.4, 0.5) is 13.2 Å². The molecule has 3 aromatic rings. The van der Waals surface area contributed by atoms with Crippen molar-refractivity contribution in [2.45, 2.75) is 31.4 Å². The van der Waals surface area contributed by atoms with Crippen molar-refractivity contribution >= 4 is 17.0 Å². The summed E-state index contributed by atoms with van der Waals surface area (Å²) in [6, 6.07) is 9.39. The number of hydrogen-bond acceptors (Lipinski definition) is 5. The lowest BCUT2D eigenvalue weighted by atomic mass is 9.90. The number of benzene rings is 2. The highest BCUT2D eigenvalue weighted by atomic mass is 19.4. The van der Waals surface area contributed by atoms with Crippen LogP contribution in [0.5, 0.6) is 5.75 Å². The maximum atomic E-state index is 12.7. The van der Waals surface area contributed by atoms with Crippen molar-refractivity contribution in [2.24, 2.45) is 5.92 Å². The first kappa shape index (κ1) is 19.2. The number of hydrogen-bond donors (Lipinski definition) is 1. The molecule has 29 heavy (non-hydrogen) atoms. The molecule has 1 unspecified atom stereocenters. The number of aromatic nitrogens is 2. The van der Waals surface area contributed by atoms with Crippen LogP contribution in [0.1, 0.15) is 30.7 Å². The van der Waals surface area contributed by atoms with Gasteiger partial charge >= 0.3 is 12.1 Å². The molecule has 1 N–H and O–H groups in total. The minimum Gasteiger partial charge on any atom is -0.483 e. The van der Waals surface area contributed by atoms with E-state index in [0.717, 1.165) is 12.8 Å². The van der Waals surface area contributed by atoms with Gasteiger partial charge in [-0.2, -0.15) is 13.2 Å². The molecule has 1 fully saturated rings. The molecule has 2 aromatic carbocycles. The van der Waals surface area contributed by atoms with Crippen LogP contribution in [-0.4, -0.2) is 34.2 Å². The Morgan fingerprint density at radius 2 is 1.93 bits per heavy atom. The van der Waals surface area contributed by atoms with Crippen LogP contribution in [0.3, 0.4) is 0 Å². The van der Waals surface area contributed by atoms with Gasteiger partial charge in [0.25, 0.3) is 0 Å². The summed E-state index contributed by atoms with van der Waals surface area (Å²) >= 11 is 0. The third-order valence-corrected chi connectivity index (χ3v) is 4.93. The average Bonchev–Trinajstić information content (AvgIpc) is 3.37. The second kappa shape index (κ2) is 7.38. The molecule has 0 amide bonds. The summed E-state index contributed by atoms with van der Waals surface area (Å²) in [6.45, 7) is -1.45. The number of nitrogens with zero attached hydrogens (tertiary/aromatic N) is 2. The normalized spacial score (nSPS) is 15.4. The number of carbonyl (C=O) groups is 1. The molecule has 1 atom stereocenters. The predicted octanol–water partition coefficient (Wildman–Crippen LogP) is 4.80. The van der Waals surface area contributed by atoms with E-state index in [9.17, 15) is 23.1 Å². The van der Waals surface area contributed by atoms with Gasteiger partial charge in [0.1, 0.15) is 16.8 Å². The number of rotatable bonds is 7. The van der Waals surface area contributed by atoms with Gasteiger partial charge in [0.05, 0.1) is 5.92 Å². The third kappa shape index (κ3) is 4.49. The highest BCUT2D eigenvalue weighted by Gasteiger charge is 2.32. The van der Waals surface area contributed by atoms with Crippen LogP contribution in [0.15, 0.2) is 41.0 Å². The van der Waals surface area contributed by atoms with Crippen LogP contribution in [0.2, 0.25) is 0 Å². The molecule has 1 saturated carbocycles. The lowest BCUT2D eigenvalue weighted by Crippen LogP contribution is -2.19. The number of alkyl halides is 3. The van der Waals surface area contributed by atoms with Gasteiger partial charge in [0.15, 0.2) is 6.61 Å². The third-order valence-electron chi connectivity index (χ3n) is 4.93. The Hall–Kier alpha value is -3.10. The molecule has 0 bridgehead atoms. The topological polar surface area (TPSA) is 85.5 Å². The van der Waals surface area contributed by atoms with E-state index in [1.807, 2.05) is 0 Å². The molecule has 1 aliphatic rings. The molecule has 0 spiro atoms. The Morgan fingerprint density at radius 3 is 2.62 bits per heavy atom. The number of fused-ring (bicyclic) bond motifs is 1. The molecule has 1 aromatic heterocycles. The Kier molecular flexibility index (Phi) is 4.89. The van der Waals surface area contributed by atoms with E-state index in [4.69, 9.17) is 4.74 Å². The first-order chi connectivity index (χ1) is 13.8. The number of aliphatic carboxylic acids is 1. The number of halogens is 3. The minimum atomic E-state index is -4.49. The van der Waals surface area contributed by atoms with Crippen molar-refractivity contribution in [3.05, 3.63) is 42.0 Å². The van der Waals surface area contributed by atoms with Crippen LogP contribution >= 0.6 is 0 Å². The van der Waals surface area contributed by atoms with Crippen LogP contribution in [0.25, 0.3) is 22.2 Å². The smallest absolute Gasteiger partial charge is 0.422 e. The number of carboxylic acid groups (broad SMARTS) is 1. The standard InChI is InChI=1S/C20H17F3N2O4/c21-20(22,23)10-28-18-6-4-12(15(19(26)27)7-11-1-2-11)8-14(18)13-3-5-16-17(9-13)25-29-24-16/h3-6,8-9,11,15H,1-2,7,10H2,(H,26,27). The van der Waals surface area contributed by atoms with Gasteiger partial charge in [-0.05, 0) is 58.0 Å². The summed E-state index contributed by atoms with van der Waals surface area (Å²) < 4.78 is 47.7. The molecule has 0 saturated heterocycles. The number of carboxylic acids is 1. The second-order valence-corrected chi connectivity index (χ2v) is 7.20. The fourth-order valence-electron chi connectivity index (χ4n) is 3.29. The van der Waals surface area contributed by atoms with Gasteiger partial charge in [-0.3, -0.25) is 4.79 Å². The van der Waals surface area contributed by atoms with Crippen LogP contribution in [0, 0.1) is 5.92 Å². The minimum absolute atomic E-state index is 0.0115. The zero-order chi connectivity index (χ0) is 20.6. The van der Waals surface area contributed by atoms with E-state index >= 15 is 0 Å². The van der Waals surface area contributed by atoms with E-state index in [0.29, 0.717) is 40.1 Å². The van der Waals surface area contributed by atoms with E-state index in [-0.39, 0.29) is 5.75 Å².